The molecule has 1 heterocycles. The number of aromatic nitrogens is 1. The Balaban J connectivity index is 2.19. The highest BCUT2D eigenvalue weighted by atomic mass is 79.9. The van der Waals surface area contributed by atoms with Crippen molar-refractivity contribution in [1.82, 2.24) is 4.98 Å². The Morgan fingerprint density at radius 2 is 2.31 bits per heavy atom. The van der Waals surface area contributed by atoms with E-state index in [9.17, 15) is 0 Å². The monoisotopic (exact) mass is 253 g/mol. The SMILES string of the molecule is Brc1cccc(Cc2nccs2)c1. The lowest BCUT2D eigenvalue weighted by Gasteiger charge is -1.97. The van der Waals surface area contributed by atoms with Crippen LogP contribution in [0.4, 0.5) is 0 Å². The minimum atomic E-state index is 0.928. The van der Waals surface area contributed by atoms with Crippen molar-refractivity contribution < 1.29 is 0 Å². The Morgan fingerprint density at radius 1 is 1.38 bits per heavy atom. The maximum atomic E-state index is 4.24. The van der Waals surface area contributed by atoms with Crippen LogP contribution in [0.3, 0.4) is 0 Å². The zero-order valence-corrected chi connectivity index (χ0v) is 9.31. The van der Waals surface area contributed by atoms with Gasteiger partial charge in [-0.15, -0.1) is 11.3 Å². The predicted molar refractivity (Wildman–Crippen MR) is 59.1 cm³/mol. The Kier molecular flexibility index (Phi) is 2.76. The van der Waals surface area contributed by atoms with Crippen LogP contribution in [-0.2, 0) is 6.42 Å². The van der Waals surface area contributed by atoms with E-state index in [1.807, 2.05) is 23.7 Å². The summed E-state index contributed by atoms with van der Waals surface area (Å²) >= 11 is 5.15. The van der Waals surface area contributed by atoms with Gasteiger partial charge < -0.3 is 0 Å². The van der Waals surface area contributed by atoms with Crippen molar-refractivity contribution in [2.45, 2.75) is 6.42 Å². The molecule has 1 nitrogen and oxygen atoms in total. The average Bonchev–Trinajstić information content (AvgIpc) is 2.57. The second kappa shape index (κ2) is 4.03. The number of hydrogen-bond acceptors (Lipinski definition) is 2. The van der Waals surface area contributed by atoms with Crippen molar-refractivity contribution in [3.8, 4) is 0 Å². The van der Waals surface area contributed by atoms with Gasteiger partial charge in [0.05, 0.1) is 5.01 Å². The summed E-state index contributed by atoms with van der Waals surface area (Å²) in [6.45, 7) is 0. The molecule has 2 rings (SSSR count). The molecule has 0 atom stereocenters. The molecule has 1 aromatic heterocycles. The van der Waals surface area contributed by atoms with Gasteiger partial charge >= 0.3 is 0 Å². The van der Waals surface area contributed by atoms with Crippen LogP contribution in [0.15, 0.2) is 40.3 Å². The largest absolute Gasteiger partial charge is 0.249 e. The van der Waals surface area contributed by atoms with Crippen LogP contribution in [0.25, 0.3) is 0 Å². The summed E-state index contributed by atoms with van der Waals surface area (Å²) < 4.78 is 1.13. The molecular weight excluding hydrogens is 246 g/mol. The Labute approximate surface area is 89.6 Å². The van der Waals surface area contributed by atoms with E-state index in [-0.39, 0.29) is 0 Å². The van der Waals surface area contributed by atoms with E-state index >= 15 is 0 Å². The van der Waals surface area contributed by atoms with E-state index in [0.29, 0.717) is 0 Å². The molecule has 0 aliphatic rings. The lowest BCUT2D eigenvalue weighted by atomic mass is 10.2. The lowest BCUT2D eigenvalue weighted by molar-refractivity contribution is 1.14. The van der Waals surface area contributed by atoms with Crippen molar-refractivity contribution in [3.05, 3.63) is 50.9 Å². The molecule has 1 aromatic carbocycles. The molecule has 0 saturated carbocycles. The molecule has 2 aromatic rings. The van der Waals surface area contributed by atoms with E-state index in [2.05, 4.69) is 33.0 Å². The second-order valence-corrected chi connectivity index (χ2v) is 4.63. The third-order valence-electron chi connectivity index (χ3n) is 1.73. The summed E-state index contributed by atoms with van der Waals surface area (Å²) in [6, 6.07) is 8.33. The predicted octanol–water partition coefficient (Wildman–Crippen LogP) is 3.50. The zero-order valence-electron chi connectivity index (χ0n) is 6.90. The van der Waals surface area contributed by atoms with Gasteiger partial charge in [-0.1, -0.05) is 28.1 Å². The smallest absolute Gasteiger partial charge is 0.0968 e. The maximum absolute atomic E-state index is 4.24. The van der Waals surface area contributed by atoms with Crippen LogP contribution in [-0.4, -0.2) is 4.98 Å². The van der Waals surface area contributed by atoms with Gasteiger partial charge in [0.2, 0.25) is 0 Å². The Hall–Kier alpha value is -0.670. The summed E-state index contributed by atoms with van der Waals surface area (Å²) in [6.07, 6.45) is 2.77. The molecule has 0 aliphatic heterocycles. The molecule has 0 fully saturated rings. The van der Waals surface area contributed by atoms with E-state index < -0.39 is 0 Å². The van der Waals surface area contributed by atoms with Crippen LogP contribution in [0.1, 0.15) is 10.6 Å². The molecule has 0 amide bonds. The van der Waals surface area contributed by atoms with Gasteiger partial charge in [-0.2, -0.15) is 0 Å². The highest BCUT2D eigenvalue weighted by Crippen LogP contribution is 2.16. The first-order chi connectivity index (χ1) is 6.34. The van der Waals surface area contributed by atoms with Gasteiger partial charge in [0.1, 0.15) is 0 Å². The van der Waals surface area contributed by atoms with Crippen LogP contribution in [0, 0.1) is 0 Å². The molecule has 13 heavy (non-hydrogen) atoms. The van der Waals surface area contributed by atoms with Gasteiger partial charge in [-0.3, -0.25) is 0 Å². The summed E-state index contributed by atoms with van der Waals surface area (Å²) in [5.74, 6) is 0. The number of thiazole rings is 1. The fraction of sp³-hybridized carbons (Fsp3) is 0.100. The highest BCUT2D eigenvalue weighted by molar-refractivity contribution is 9.10. The first kappa shape index (κ1) is 8.91. The second-order valence-electron chi connectivity index (χ2n) is 2.73. The fourth-order valence-corrected chi connectivity index (χ4v) is 2.26. The van der Waals surface area contributed by atoms with Crippen molar-refractivity contribution in [3.63, 3.8) is 0 Å². The quantitative estimate of drug-likeness (QED) is 0.799. The number of rotatable bonds is 2. The van der Waals surface area contributed by atoms with Crippen molar-refractivity contribution >= 4 is 27.3 Å². The van der Waals surface area contributed by atoms with Gasteiger partial charge in [0.15, 0.2) is 0 Å². The van der Waals surface area contributed by atoms with Crippen LogP contribution < -0.4 is 0 Å². The summed E-state index contributed by atoms with van der Waals surface area (Å²) in [7, 11) is 0. The van der Waals surface area contributed by atoms with Gasteiger partial charge in [0.25, 0.3) is 0 Å². The number of halogens is 1. The topological polar surface area (TPSA) is 12.9 Å². The Bertz CT molecular complexity index is 384. The molecule has 0 saturated heterocycles. The van der Waals surface area contributed by atoms with E-state index in [0.717, 1.165) is 15.9 Å². The number of nitrogens with zero attached hydrogens (tertiary/aromatic N) is 1. The third kappa shape index (κ3) is 2.39. The molecular formula is C10H8BrNS. The molecule has 0 unspecified atom stereocenters. The minimum absolute atomic E-state index is 0.928. The molecule has 66 valence electrons. The Morgan fingerprint density at radius 3 is 3.00 bits per heavy atom. The lowest BCUT2D eigenvalue weighted by Crippen LogP contribution is -1.85. The van der Waals surface area contributed by atoms with Crippen LogP contribution in [0.2, 0.25) is 0 Å². The first-order valence-electron chi connectivity index (χ1n) is 3.97. The fourth-order valence-electron chi connectivity index (χ4n) is 1.16. The van der Waals surface area contributed by atoms with Crippen molar-refractivity contribution in [2.24, 2.45) is 0 Å². The molecule has 0 N–H and O–H groups in total. The standard InChI is InChI=1S/C10H8BrNS/c11-9-3-1-2-8(6-9)7-10-12-4-5-13-10/h1-6H,7H2. The first-order valence-corrected chi connectivity index (χ1v) is 5.65. The molecule has 0 aliphatic carbocycles. The highest BCUT2D eigenvalue weighted by Gasteiger charge is 1.98. The molecule has 0 bridgehead atoms. The zero-order chi connectivity index (χ0) is 9.10. The van der Waals surface area contributed by atoms with E-state index in [1.165, 1.54) is 5.56 Å². The van der Waals surface area contributed by atoms with Crippen LogP contribution >= 0.6 is 27.3 Å². The van der Waals surface area contributed by atoms with E-state index in [4.69, 9.17) is 0 Å². The van der Waals surface area contributed by atoms with E-state index in [1.54, 1.807) is 11.3 Å². The summed E-state index contributed by atoms with van der Waals surface area (Å²) in [5, 5.41) is 3.17. The summed E-state index contributed by atoms with van der Waals surface area (Å²) in [4.78, 5) is 4.24. The average molecular weight is 254 g/mol. The van der Waals surface area contributed by atoms with Gasteiger partial charge in [-0.25, -0.2) is 4.98 Å². The normalized spacial score (nSPS) is 10.2. The van der Waals surface area contributed by atoms with Crippen LogP contribution in [0.5, 0.6) is 0 Å². The number of hydrogen-bond donors (Lipinski definition) is 0. The van der Waals surface area contributed by atoms with Gasteiger partial charge in [0, 0.05) is 22.5 Å². The van der Waals surface area contributed by atoms with Crippen molar-refractivity contribution in [2.75, 3.05) is 0 Å². The number of benzene rings is 1. The molecule has 0 radical (unpaired) electrons. The molecule has 3 heteroatoms. The van der Waals surface area contributed by atoms with Gasteiger partial charge in [-0.05, 0) is 17.7 Å². The van der Waals surface area contributed by atoms with Crippen molar-refractivity contribution in [1.29, 1.82) is 0 Å². The minimum Gasteiger partial charge on any atom is -0.249 e. The maximum Gasteiger partial charge on any atom is 0.0968 e. The third-order valence-corrected chi connectivity index (χ3v) is 3.00. The summed E-state index contributed by atoms with van der Waals surface area (Å²) in [5.41, 5.74) is 1.30. The molecule has 0 spiro atoms.